The summed E-state index contributed by atoms with van der Waals surface area (Å²) in [6, 6.07) is 22.1. The van der Waals surface area contributed by atoms with Gasteiger partial charge in [0, 0.05) is 30.4 Å². The van der Waals surface area contributed by atoms with E-state index in [0.29, 0.717) is 16.8 Å². The van der Waals surface area contributed by atoms with Crippen LogP contribution in [0.1, 0.15) is 34.5 Å². The number of benzene rings is 3. The summed E-state index contributed by atoms with van der Waals surface area (Å²) in [5.74, 6) is -0.312. The van der Waals surface area contributed by atoms with E-state index in [-0.39, 0.29) is 30.0 Å². The summed E-state index contributed by atoms with van der Waals surface area (Å²) in [7, 11) is 1.72. The van der Waals surface area contributed by atoms with Crippen LogP contribution in [0.3, 0.4) is 0 Å². The number of nitro benzene ring substituents is 1. The number of non-ortho nitro benzene ring substituents is 1. The molecule has 0 aliphatic carbocycles. The fourth-order valence-corrected chi connectivity index (χ4v) is 3.14. The summed E-state index contributed by atoms with van der Waals surface area (Å²) in [6.07, 6.45) is 0.142. The molecule has 2 amide bonds. The third-order valence-corrected chi connectivity index (χ3v) is 5.14. The van der Waals surface area contributed by atoms with Crippen LogP contribution in [0.2, 0.25) is 0 Å². The molecule has 7 nitrogen and oxygen atoms in total. The highest BCUT2D eigenvalue weighted by atomic mass is 16.6. The number of amides is 2. The van der Waals surface area contributed by atoms with E-state index in [2.05, 4.69) is 5.32 Å². The maximum Gasteiger partial charge on any atom is 0.269 e. The summed E-state index contributed by atoms with van der Waals surface area (Å²) in [4.78, 5) is 37.0. The zero-order valence-corrected chi connectivity index (χ0v) is 17.3. The zero-order valence-electron chi connectivity index (χ0n) is 17.3. The molecule has 0 unspecified atom stereocenters. The lowest BCUT2D eigenvalue weighted by Crippen LogP contribution is -2.31. The Morgan fingerprint density at radius 3 is 2.32 bits per heavy atom. The number of likely N-dealkylation sites (N-methyl/N-ethyl adjacent to an activating group) is 1. The third-order valence-electron chi connectivity index (χ3n) is 5.14. The number of rotatable bonds is 7. The second kappa shape index (κ2) is 9.67. The van der Waals surface area contributed by atoms with E-state index in [4.69, 9.17) is 0 Å². The number of nitrogens with one attached hydrogen (secondary N) is 1. The van der Waals surface area contributed by atoms with Crippen LogP contribution >= 0.6 is 0 Å². The van der Waals surface area contributed by atoms with E-state index in [1.54, 1.807) is 54.4 Å². The van der Waals surface area contributed by atoms with Crippen molar-refractivity contribution in [2.75, 3.05) is 12.4 Å². The van der Waals surface area contributed by atoms with Crippen LogP contribution in [-0.4, -0.2) is 28.7 Å². The lowest BCUT2D eigenvalue weighted by atomic mass is 10.0. The number of hydrogen-bond donors (Lipinski definition) is 1. The van der Waals surface area contributed by atoms with Gasteiger partial charge < -0.3 is 10.2 Å². The Kier molecular flexibility index (Phi) is 6.77. The summed E-state index contributed by atoms with van der Waals surface area (Å²) < 4.78 is 0. The van der Waals surface area contributed by atoms with Gasteiger partial charge >= 0.3 is 0 Å². The Bertz CT molecular complexity index is 1080. The molecule has 1 atom stereocenters. The minimum atomic E-state index is -0.469. The van der Waals surface area contributed by atoms with Crippen LogP contribution < -0.4 is 5.32 Å². The molecule has 0 saturated heterocycles. The van der Waals surface area contributed by atoms with Crippen molar-refractivity contribution in [2.45, 2.75) is 19.4 Å². The highest BCUT2D eigenvalue weighted by Crippen LogP contribution is 2.23. The van der Waals surface area contributed by atoms with Gasteiger partial charge in [-0.05, 0) is 42.3 Å². The van der Waals surface area contributed by atoms with Crippen molar-refractivity contribution in [3.63, 3.8) is 0 Å². The molecule has 7 heteroatoms. The van der Waals surface area contributed by atoms with Crippen molar-refractivity contribution in [3.05, 3.63) is 106 Å². The van der Waals surface area contributed by atoms with E-state index in [0.717, 1.165) is 5.56 Å². The second-order valence-corrected chi connectivity index (χ2v) is 7.23. The molecule has 0 radical (unpaired) electrons. The van der Waals surface area contributed by atoms with Crippen molar-refractivity contribution in [3.8, 4) is 0 Å². The second-order valence-electron chi connectivity index (χ2n) is 7.23. The van der Waals surface area contributed by atoms with Gasteiger partial charge in [-0.3, -0.25) is 19.7 Å². The van der Waals surface area contributed by atoms with Gasteiger partial charge in [-0.25, -0.2) is 0 Å². The summed E-state index contributed by atoms with van der Waals surface area (Å²) in [5.41, 5.74) is 2.79. The quantitative estimate of drug-likeness (QED) is 0.449. The molecule has 0 bridgehead atoms. The van der Waals surface area contributed by atoms with E-state index in [1.807, 2.05) is 31.2 Å². The Balaban J connectivity index is 1.66. The first-order valence-corrected chi connectivity index (χ1v) is 9.80. The van der Waals surface area contributed by atoms with Crippen molar-refractivity contribution >= 4 is 23.2 Å². The standard InChI is InChI=1S/C24H23N3O4/c1-17(26(2)23(28)15-18-11-13-22(14-12-18)27(30)31)20-9-6-10-21(16-20)25-24(29)19-7-4-3-5-8-19/h3-14,16-17H,15H2,1-2H3,(H,25,29)/t17-/m0/s1. The van der Waals surface area contributed by atoms with Crippen LogP contribution in [0, 0.1) is 10.1 Å². The van der Waals surface area contributed by atoms with E-state index in [1.165, 1.54) is 12.1 Å². The first-order chi connectivity index (χ1) is 14.8. The van der Waals surface area contributed by atoms with Crippen LogP contribution in [-0.2, 0) is 11.2 Å². The third kappa shape index (κ3) is 5.54. The minimum absolute atomic E-state index is 0.00714. The normalized spacial score (nSPS) is 11.4. The average molecular weight is 417 g/mol. The molecular weight excluding hydrogens is 394 g/mol. The molecule has 0 fully saturated rings. The van der Waals surface area contributed by atoms with Gasteiger partial charge in [-0.1, -0.05) is 42.5 Å². The van der Waals surface area contributed by atoms with Gasteiger partial charge in [0.15, 0.2) is 0 Å². The molecule has 0 saturated carbocycles. The maximum atomic E-state index is 12.7. The average Bonchev–Trinajstić information content (AvgIpc) is 2.79. The molecule has 3 aromatic rings. The fourth-order valence-electron chi connectivity index (χ4n) is 3.14. The van der Waals surface area contributed by atoms with Crippen molar-refractivity contribution < 1.29 is 14.5 Å². The Morgan fingerprint density at radius 2 is 1.68 bits per heavy atom. The van der Waals surface area contributed by atoms with Crippen molar-refractivity contribution in [1.29, 1.82) is 0 Å². The number of hydrogen-bond acceptors (Lipinski definition) is 4. The molecule has 0 aromatic heterocycles. The molecule has 3 rings (SSSR count). The van der Waals surface area contributed by atoms with E-state index >= 15 is 0 Å². The summed E-state index contributed by atoms with van der Waals surface area (Å²) in [5, 5.41) is 13.6. The fraction of sp³-hybridized carbons (Fsp3) is 0.167. The first kappa shape index (κ1) is 21.7. The number of nitro groups is 1. The summed E-state index contributed by atoms with van der Waals surface area (Å²) in [6.45, 7) is 1.91. The molecular formula is C24H23N3O4. The van der Waals surface area contributed by atoms with E-state index in [9.17, 15) is 19.7 Å². The maximum absolute atomic E-state index is 12.7. The number of nitrogens with zero attached hydrogens (tertiary/aromatic N) is 2. The molecule has 0 aliphatic heterocycles. The Hall–Kier alpha value is -4.00. The molecule has 31 heavy (non-hydrogen) atoms. The molecule has 3 aromatic carbocycles. The van der Waals surface area contributed by atoms with E-state index < -0.39 is 4.92 Å². The molecule has 158 valence electrons. The zero-order chi connectivity index (χ0) is 22.4. The van der Waals surface area contributed by atoms with Crippen molar-refractivity contribution in [2.24, 2.45) is 0 Å². The molecule has 1 N–H and O–H groups in total. The van der Waals surface area contributed by atoms with Crippen LogP contribution in [0.15, 0.2) is 78.9 Å². The van der Waals surface area contributed by atoms with Gasteiger partial charge in [-0.2, -0.15) is 0 Å². The SMILES string of the molecule is C[C@@H](c1cccc(NC(=O)c2ccccc2)c1)N(C)C(=O)Cc1ccc([N+](=O)[O-])cc1. The van der Waals surface area contributed by atoms with Gasteiger partial charge in [0.1, 0.15) is 0 Å². The van der Waals surface area contributed by atoms with Gasteiger partial charge in [0.05, 0.1) is 17.4 Å². The van der Waals surface area contributed by atoms with Gasteiger partial charge in [-0.15, -0.1) is 0 Å². The number of carbonyl (C=O) groups excluding carboxylic acids is 2. The summed E-state index contributed by atoms with van der Waals surface area (Å²) >= 11 is 0. The van der Waals surface area contributed by atoms with Crippen molar-refractivity contribution in [1.82, 2.24) is 4.90 Å². The Morgan fingerprint density at radius 1 is 1.00 bits per heavy atom. The number of carbonyl (C=O) groups is 2. The number of anilines is 1. The van der Waals surface area contributed by atoms with Gasteiger partial charge in [0.25, 0.3) is 11.6 Å². The minimum Gasteiger partial charge on any atom is -0.339 e. The smallest absolute Gasteiger partial charge is 0.269 e. The monoisotopic (exact) mass is 417 g/mol. The predicted molar refractivity (Wildman–Crippen MR) is 119 cm³/mol. The van der Waals surface area contributed by atoms with Crippen LogP contribution in [0.5, 0.6) is 0 Å². The molecule has 0 heterocycles. The largest absolute Gasteiger partial charge is 0.339 e. The Labute approximate surface area is 180 Å². The molecule has 0 spiro atoms. The lowest BCUT2D eigenvalue weighted by molar-refractivity contribution is -0.384. The van der Waals surface area contributed by atoms with Crippen LogP contribution in [0.25, 0.3) is 0 Å². The lowest BCUT2D eigenvalue weighted by Gasteiger charge is -2.26. The topological polar surface area (TPSA) is 92.6 Å². The first-order valence-electron chi connectivity index (χ1n) is 9.80. The highest BCUT2D eigenvalue weighted by Gasteiger charge is 2.19. The van der Waals surface area contributed by atoms with Crippen LogP contribution in [0.4, 0.5) is 11.4 Å². The highest BCUT2D eigenvalue weighted by molar-refractivity contribution is 6.04. The van der Waals surface area contributed by atoms with Gasteiger partial charge in [0.2, 0.25) is 5.91 Å². The molecule has 0 aliphatic rings. The predicted octanol–water partition coefficient (Wildman–Crippen LogP) is 4.61.